The van der Waals surface area contributed by atoms with Gasteiger partial charge < -0.3 is 10.2 Å². The Hall–Kier alpha value is -2.67. The fourth-order valence-electron chi connectivity index (χ4n) is 4.25. The number of hydrogen-bond donors (Lipinski definition) is 1. The Balaban J connectivity index is 1.54. The van der Waals surface area contributed by atoms with Crippen LogP contribution in [0.3, 0.4) is 0 Å². The van der Waals surface area contributed by atoms with Gasteiger partial charge in [0.15, 0.2) is 0 Å². The van der Waals surface area contributed by atoms with Crippen molar-refractivity contribution in [2.24, 2.45) is 0 Å². The average molecular weight is 412 g/mol. The van der Waals surface area contributed by atoms with E-state index in [-0.39, 0.29) is 24.4 Å². The first-order valence-corrected chi connectivity index (χ1v) is 10.8. The van der Waals surface area contributed by atoms with Crippen LogP contribution in [-0.2, 0) is 28.1 Å². The lowest BCUT2D eigenvalue weighted by Crippen LogP contribution is -2.48. The number of thiophene rings is 1. The Morgan fingerprint density at radius 3 is 2.72 bits per heavy atom. The van der Waals surface area contributed by atoms with Gasteiger partial charge in [0, 0.05) is 23.0 Å². The zero-order valence-corrected chi connectivity index (χ0v) is 17.5. The monoisotopic (exact) mass is 411 g/mol. The van der Waals surface area contributed by atoms with E-state index in [1.807, 2.05) is 55.6 Å². The summed E-state index contributed by atoms with van der Waals surface area (Å²) in [5, 5.41) is 4.87. The van der Waals surface area contributed by atoms with Crippen molar-refractivity contribution >= 4 is 29.2 Å². The largest absolute Gasteiger partial charge is 0.334 e. The van der Waals surface area contributed by atoms with Crippen LogP contribution in [0.25, 0.3) is 0 Å². The molecule has 1 aromatic carbocycles. The summed E-state index contributed by atoms with van der Waals surface area (Å²) in [4.78, 5) is 43.0. The molecule has 1 saturated heterocycles. The summed E-state index contributed by atoms with van der Waals surface area (Å²) in [6.45, 7) is 4.08. The van der Waals surface area contributed by atoms with E-state index in [0.29, 0.717) is 13.0 Å². The topological polar surface area (TPSA) is 69.7 Å². The maximum Gasteiger partial charge on any atom is 0.325 e. The van der Waals surface area contributed by atoms with E-state index < -0.39 is 11.6 Å². The van der Waals surface area contributed by atoms with Crippen LogP contribution in [0, 0.1) is 0 Å². The first-order valence-electron chi connectivity index (χ1n) is 9.97. The van der Waals surface area contributed by atoms with Crippen molar-refractivity contribution in [2.45, 2.75) is 51.2 Å². The molecule has 1 atom stereocenters. The molecule has 1 aliphatic heterocycles. The van der Waals surface area contributed by atoms with Crippen molar-refractivity contribution < 1.29 is 14.4 Å². The van der Waals surface area contributed by atoms with Crippen LogP contribution in [0.15, 0.2) is 41.8 Å². The van der Waals surface area contributed by atoms with Crippen molar-refractivity contribution in [2.75, 3.05) is 6.54 Å². The lowest BCUT2D eigenvalue weighted by Gasteiger charge is -2.31. The number of nitrogens with zero attached hydrogens (tertiary/aromatic N) is 2. The lowest BCUT2D eigenvalue weighted by atomic mass is 9.80. The number of carbonyl (C=O) groups is 3. The van der Waals surface area contributed by atoms with Crippen LogP contribution < -0.4 is 5.32 Å². The van der Waals surface area contributed by atoms with E-state index in [9.17, 15) is 14.4 Å². The van der Waals surface area contributed by atoms with E-state index in [0.717, 1.165) is 33.7 Å². The van der Waals surface area contributed by atoms with E-state index in [2.05, 4.69) is 5.32 Å². The number of hydrogen-bond acceptors (Lipinski definition) is 4. The van der Waals surface area contributed by atoms with Gasteiger partial charge in [-0.1, -0.05) is 30.3 Å². The number of nitrogens with one attached hydrogen (secondary N) is 1. The zero-order chi connectivity index (χ0) is 20.6. The fraction of sp³-hybridized carbons (Fsp3) is 0.409. The molecule has 0 bridgehead atoms. The maximum absolute atomic E-state index is 13.3. The van der Waals surface area contributed by atoms with Crippen molar-refractivity contribution in [3.05, 3.63) is 57.8 Å². The summed E-state index contributed by atoms with van der Waals surface area (Å²) in [6, 6.07) is 11.1. The second kappa shape index (κ2) is 7.63. The molecular weight excluding hydrogens is 386 g/mol. The molecule has 0 saturated carbocycles. The van der Waals surface area contributed by atoms with E-state index in [1.54, 1.807) is 16.2 Å². The number of fused-ring (bicyclic) bond motifs is 2. The summed E-state index contributed by atoms with van der Waals surface area (Å²) >= 11 is 1.62. The fourth-order valence-corrected chi connectivity index (χ4v) is 5.25. The van der Waals surface area contributed by atoms with Gasteiger partial charge in [0.25, 0.3) is 5.91 Å². The molecule has 0 unspecified atom stereocenters. The van der Waals surface area contributed by atoms with Crippen LogP contribution in [0.5, 0.6) is 0 Å². The molecule has 1 fully saturated rings. The molecule has 2 aromatic rings. The molecule has 1 aliphatic carbocycles. The summed E-state index contributed by atoms with van der Waals surface area (Å²) in [6.07, 6.45) is 2.34. The van der Waals surface area contributed by atoms with Gasteiger partial charge in [0.1, 0.15) is 12.1 Å². The summed E-state index contributed by atoms with van der Waals surface area (Å²) in [7, 11) is 0. The summed E-state index contributed by atoms with van der Waals surface area (Å²) < 4.78 is 0. The smallest absolute Gasteiger partial charge is 0.325 e. The average Bonchev–Trinajstić information content (AvgIpc) is 3.27. The highest BCUT2D eigenvalue weighted by molar-refractivity contribution is 7.10. The van der Waals surface area contributed by atoms with Crippen molar-refractivity contribution in [3.63, 3.8) is 0 Å². The number of rotatable bonds is 5. The predicted octanol–water partition coefficient (Wildman–Crippen LogP) is 3.27. The first kappa shape index (κ1) is 19.6. The molecule has 2 heterocycles. The quantitative estimate of drug-likeness (QED) is 0.768. The Morgan fingerprint density at radius 2 is 2.00 bits per heavy atom. The van der Waals surface area contributed by atoms with E-state index in [1.165, 1.54) is 0 Å². The molecule has 2 aliphatic rings. The maximum atomic E-state index is 13.3. The molecule has 1 aromatic heterocycles. The van der Waals surface area contributed by atoms with Crippen molar-refractivity contribution in [1.82, 2.24) is 15.1 Å². The Labute approximate surface area is 174 Å². The molecule has 7 heteroatoms. The Morgan fingerprint density at radius 1 is 1.24 bits per heavy atom. The third-order valence-corrected chi connectivity index (χ3v) is 6.75. The predicted molar refractivity (Wildman–Crippen MR) is 111 cm³/mol. The standard InChI is InChI=1S/C22H25N3O3S/c1-15(2)24(13-16-7-4-3-5-8-16)19(26)14-25-20(27)22(23-21(25)28)11-6-9-18-17(22)10-12-29-18/h3-5,7-8,10,12,15H,6,9,11,13-14H2,1-2H3,(H,23,28)/t22-/m0/s1. The highest BCUT2D eigenvalue weighted by Crippen LogP contribution is 2.42. The minimum atomic E-state index is -1.01. The SMILES string of the molecule is CC(C)N(Cc1ccccc1)C(=O)CN1C(=O)N[C@]2(CCCc3sccc32)C1=O. The van der Waals surface area contributed by atoms with Crippen molar-refractivity contribution in [1.29, 1.82) is 0 Å². The number of carbonyl (C=O) groups excluding carboxylic acids is 3. The van der Waals surface area contributed by atoms with Crippen LogP contribution in [0.1, 0.15) is 42.7 Å². The highest BCUT2D eigenvalue weighted by atomic mass is 32.1. The van der Waals surface area contributed by atoms with Gasteiger partial charge in [-0.05, 0) is 50.1 Å². The molecule has 6 nitrogen and oxygen atoms in total. The van der Waals surface area contributed by atoms with Gasteiger partial charge in [-0.15, -0.1) is 11.3 Å². The highest BCUT2D eigenvalue weighted by Gasteiger charge is 2.54. The summed E-state index contributed by atoms with van der Waals surface area (Å²) in [5.41, 5.74) is 0.901. The number of imide groups is 1. The molecule has 152 valence electrons. The molecular formula is C22H25N3O3S. The van der Waals surface area contributed by atoms with Gasteiger partial charge in [-0.2, -0.15) is 0 Å². The Kier molecular flexibility index (Phi) is 5.17. The van der Waals surface area contributed by atoms with Gasteiger partial charge in [-0.25, -0.2) is 4.79 Å². The van der Waals surface area contributed by atoms with Crippen molar-refractivity contribution in [3.8, 4) is 0 Å². The third kappa shape index (κ3) is 3.44. The normalized spacial score (nSPS) is 20.9. The molecule has 1 spiro atoms. The van der Waals surface area contributed by atoms with Gasteiger partial charge in [-0.3, -0.25) is 14.5 Å². The van der Waals surface area contributed by atoms with Crippen LogP contribution in [-0.4, -0.2) is 40.2 Å². The number of urea groups is 1. The first-order chi connectivity index (χ1) is 13.9. The van der Waals surface area contributed by atoms with Crippen LogP contribution in [0.2, 0.25) is 0 Å². The number of amides is 4. The third-order valence-electron chi connectivity index (χ3n) is 5.77. The van der Waals surface area contributed by atoms with Gasteiger partial charge >= 0.3 is 6.03 Å². The zero-order valence-electron chi connectivity index (χ0n) is 16.7. The number of benzene rings is 1. The molecule has 1 N–H and O–H groups in total. The lowest BCUT2D eigenvalue weighted by molar-refractivity contribution is -0.140. The van der Waals surface area contributed by atoms with Gasteiger partial charge in [0.05, 0.1) is 0 Å². The summed E-state index contributed by atoms with van der Waals surface area (Å²) in [5.74, 6) is -0.538. The minimum absolute atomic E-state index is 0.0458. The van der Waals surface area contributed by atoms with E-state index in [4.69, 9.17) is 0 Å². The van der Waals surface area contributed by atoms with Crippen LogP contribution in [0.4, 0.5) is 4.79 Å². The molecule has 29 heavy (non-hydrogen) atoms. The molecule has 0 radical (unpaired) electrons. The second-order valence-electron chi connectivity index (χ2n) is 7.94. The van der Waals surface area contributed by atoms with E-state index >= 15 is 0 Å². The van der Waals surface area contributed by atoms with Crippen LogP contribution >= 0.6 is 11.3 Å². The Bertz CT molecular complexity index is 940. The number of aryl methyl sites for hydroxylation is 1. The minimum Gasteiger partial charge on any atom is -0.334 e. The molecule has 4 amide bonds. The second-order valence-corrected chi connectivity index (χ2v) is 8.94. The molecule has 4 rings (SSSR count). The van der Waals surface area contributed by atoms with Gasteiger partial charge in [0.2, 0.25) is 5.91 Å².